The topological polar surface area (TPSA) is 96.1 Å². The summed E-state index contributed by atoms with van der Waals surface area (Å²) in [6.07, 6.45) is 3.70. The van der Waals surface area contributed by atoms with E-state index in [9.17, 15) is 9.00 Å². The molecule has 4 heterocycles. The van der Waals surface area contributed by atoms with Gasteiger partial charge in [0.25, 0.3) is 5.56 Å². The Morgan fingerprint density at radius 3 is 2.48 bits per heavy atom. The van der Waals surface area contributed by atoms with E-state index in [4.69, 9.17) is 9.72 Å². The largest absolute Gasteiger partial charge is 0.381 e. The first kappa shape index (κ1) is 20.1. The van der Waals surface area contributed by atoms with Crippen LogP contribution in [0.15, 0.2) is 75.4 Å². The number of rotatable bonds is 5. The van der Waals surface area contributed by atoms with Crippen molar-refractivity contribution in [3.63, 3.8) is 0 Å². The van der Waals surface area contributed by atoms with Crippen LogP contribution < -0.4 is 16.2 Å². The third kappa shape index (κ3) is 3.61. The van der Waals surface area contributed by atoms with Crippen molar-refractivity contribution >= 4 is 44.6 Å². The van der Waals surface area contributed by atoms with Crippen LogP contribution >= 0.6 is 0 Å². The molecule has 0 aliphatic carbocycles. The monoisotopic (exact) mass is 458 g/mol. The zero-order chi connectivity index (χ0) is 22.4. The maximum absolute atomic E-state index is 12.6. The maximum Gasteiger partial charge on any atom is 0.259 e. The minimum Gasteiger partial charge on any atom is -0.381 e. The van der Waals surface area contributed by atoms with Gasteiger partial charge in [0.1, 0.15) is 11.6 Å². The fraction of sp³-hybridized carbons (Fsp3) is 0.200. The first-order chi connectivity index (χ1) is 16.2. The van der Waals surface area contributed by atoms with E-state index >= 15 is 0 Å². The summed E-state index contributed by atoms with van der Waals surface area (Å²) in [4.78, 5) is 21.6. The molecule has 0 amide bonds. The molecule has 0 saturated carbocycles. The van der Waals surface area contributed by atoms with Gasteiger partial charge >= 0.3 is 0 Å². The molecule has 1 fully saturated rings. The molecule has 2 aromatic heterocycles. The molecular weight excluding hydrogens is 436 g/mol. The van der Waals surface area contributed by atoms with E-state index < -0.39 is 10.8 Å². The smallest absolute Gasteiger partial charge is 0.259 e. The second kappa shape index (κ2) is 8.13. The molecule has 0 radical (unpaired) electrons. The van der Waals surface area contributed by atoms with Crippen LogP contribution in [0.2, 0.25) is 0 Å². The molecule has 166 valence electrons. The summed E-state index contributed by atoms with van der Waals surface area (Å²) in [7, 11) is -1.08. The van der Waals surface area contributed by atoms with Crippen LogP contribution in [0.1, 0.15) is 24.3 Å². The lowest BCUT2D eigenvalue weighted by atomic mass is 9.92. The summed E-state index contributed by atoms with van der Waals surface area (Å²) >= 11 is 0. The molecule has 4 aromatic rings. The van der Waals surface area contributed by atoms with Crippen molar-refractivity contribution in [2.24, 2.45) is 0 Å². The van der Waals surface area contributed by atoms with Crippen molar-refractivity contribution in [2.45, 2.75) is 28.6 Å². The van der Waals surface area contributed by atoms with E-state index in [1.54, 1.807) is 6.20 Å². The van der Waals surface area contributed by atoms with Crippen LogP contribution in [0, 0.1) is 0 Å². The van der Waals surface area contributed by atoms with Crippen LogP contribution in [0.4, 0.5) is 23.0 Å². The van der Waals surface area contributed by atoms with Crippen LogP contribution in [0.5, 0.6) is 0 Å². The Bertz CT molecular complexity index is 1420. The molecule has 6 rings (SSSR count). The standard InChI is InChI=1S/C25H22N4O3S/c30-25-22-17(8-11-26-25)14-21(28-23-19-2-1-3-20(23)33(19)31)29-24(22)27-18-6-4-15(5-7-18)16-9-12-32-13-10-16/h1-8,11,14,16H,9-10,12-13H2,(H,26,30)(H2,27,28,29). The van der Waals surface area contributed by atoms with Crippen LogP contribution in [-0.4, -0.2) is 27.4 Å². The Morgan fingerprint density at radius 2 is 1.76 bits per heavy atom. The van der Waals surface area contributed by atoms with Crippen LogP contribution in [0.3, 0.4) is 0 Å². The lowest BCUT2D eigenvalue weighted by Gasteiger charge is -2.23. The fourth-order valence-corrected chi connectivity index (χ4v) is 5.70. The minimum atomic E-state index is -1.08. The van der Waals surface area contributed by atoms with E-state index in [-0.39, 0.29) is 5.56 Å². The number of nitrogens with zero attached hydrogens (tertiary/aromatic N) is 1. The Kier molecular flexibility index (Phi) is 4.96. The normalized spacial score (nSPS) is 15.9. The molecule has 2 aliphatic rings. The van der Waals surface area contributed by atoms with Crippen molar-refractivity contribution in [3.8, 4) is 0 Å². The first-order valence-corrected chi connectivity index (χ1v) is 12.1. The highest BCUT2D eigenvalue weighted by atomic mass is 32.2. The van der Waals surface area contributed by atoms with Crippen molar-refractivity contribution in [3.05, 3.63) is 76.7 Å². The number of fused-ring (bicyclic) bond motifs is 3. The van der Waals surface area contributed by atoms with Gasteiger partial charge in [-0.1, -0.05) is 18.2 Å². The Hall–Kier alpha value is -3.49. The van der Waals surface area contributed by atoms with Crippen molar-refractivity contribution in [1.29, 1.82) is 0 Å². The van der Waals surface area contributed by atoms with Gasteiger partial charge in [0.05, 0.1) is 31.7 Å². The highest BCUT2D eigenvalue weighted by Crippen LogP contribution is 2.42. The van der Waals surface area contributed by atoms with E-state index in [2.05, 4.69) is 27.8 Å². The predicted octanol–water partition coefficient (Wildman–Crippen LogP) is 4.78. The fourth-order valence-electron chi connectivity index (χ4n) is 4.52. The molecule has 8 heteroatoms. The number of hydrogen-bond acceptors (Lipinski definition) is 6. The molecular formula is C25H22N4O3S. The predicted molar refractivity (Wildman–Crippen MR) is 129 cm³/mol. The second-order valence-electron chi connectivity index (χ2n) is 8.28. The van der Waals surface area contributed by atoms with E-state index in [1.165, 1.54) is 5.56 Å². The second-order valence-corrected chi connectivity index (χ2v) is 9.70. The summed E-state index contributed by atoms with van der Waals surface area (Å²) < 4.78 is 17.6. The van der Waals surface area contributed by atoms with Crippen molar-refractivity contribution < 1.29 is 8.95 Å². The third-order valence-electron chi connectivity index (χ3n) is 6.26. The summed E-state index contributed by atoms with van der Waals surface area (Å²) in [5.74, 6) is 1.57. The number of pyridine rings is 2. The molecule has 0 spiro atoms. The molecule has 3 N–H and O–H groups in total. The van der Waals surface area contributed by atoms with Crippen molar-refractivity contribution in [2.75, 3.05) is 23.8 Å². The zero-order valence-electron chi connectivity index (χ0n) is 17.8. The van der Waals surface area contributed by atoms with Gasteiger partial charge in [0.15, 0.2) is 0 Å². The third-order valence-corrected chi connectivity index (χ3v) is 7.74. The number of benzene rings is 2. The number of aromatic nitrogens is 2. The van der Waals surface area contributed by atoms with E-state index in [0.29, 0.717) is 22.9 Å². The summed E-state index contributed by atoms with van der Waals surface area (Å²) in [5.41, 5.74) is 2.77. The van der Waals surface area contributed by atoms with Gasteiger partial charge < -0.3 is 20.4 Å². The number of para-hydroxylation sites is 1. The average Bonchev–Trinajstić information content (AvgIpc) is 2.85. The summed E-state index contributed by atoms with van der Waals surface area (Å²) in [5, 5.41) is 7.87. The van der Waals surface area contributed by atoms with E-state index in [1.807, 2.05) is 42.5 Å². The molecule has 33 heavy (non-hydrogen) atoms. The number of aromatic amines is 1. The van der Waals surface area contributed by atoms with Gasteiger partial charge in [-0.2, -0.15) is 0 Å². The first-order valence-electron chi connectivity index (χ1n) is 11.0. The Morgan fingerprint density at radius 1 is 1.00 bits per heavy atom. The van der Waals surface area contributed by atoms with Gasteiger partial charge in [-0.3, -0.25) is 4.79 Å². The number of ether oxygens (including phenoxy) is 1. The van der Waals surface area contributed by atoms with Gasteiger partial charge in [0.2, 0.25) is 0 Å². The molecule has 2 bridgehead atoms. The Balaban J connectivity index is 1.34. The minimum absolute atomic E-state index is 0.206. The molecule has 1 saturated heterocycles. The van der Waals surface area contributed by atoms with Gasteiger partial charge in [-0.25, -0.2) is 9.19 Å². The SMILES string of the molecule is O=c1[nH]ccc2cc(Nc3c4cccc3S4=O)nc(Nc3ccc(C4CCOCC4)cc3)c12. The quantitative estimate of drug-likeness (QED) is 0.351. The van der Waals surface area contributed by atoms with Gasteiger partial charge in [0, 0.05) is 25.1 Å². The zero-order valence-corrected chi connectivity index (χ0v) is 18.6. The lowest BCUT2D eigenvalue weighted by Crippen LogP contribution is -2.14. The van der Waals surface area contributed by atoms with Crippen LogP contribution in [0.25, 0.3) is 10.8 Å². The van der Waals surface area contributed by atoms with Gasteiger partial charge in [-0.05, 0) is 66.1 Å². The molecule has 0 atom stereocenters. The van der Waals surface area contributed by atoms with Gasteiger partial charge in [-0.15, -0.1) is 0 Å². The highest BCUT2D eigenvalue weighted by Gasteiger charge is 2.28. The number of nitrogens with one attached hydrogen (secondary N) is 3. The van der Waals surface area contributed by atoms with Crippen molar-refractivity contribution in [1.82, 2.24) is 9.97 Å². The molecule has 0 unspecified atom stereocenters. The number of hydrogen-bond donors (Lipinski definition) is 3. The van der Waals surface area contributed by atoms with E-state index in [0.717, 1.165) is 52.6 Å². The highest BCUT2D eigenvalue weighted by molar-refractivity contribution is 7.87. The Labute approximate surface area is 192 Å². The molecule has 2 aromatic carbocycles. The summed E-state index contributed by atoms with van der Waals surface area (Å²) in [6, 6.07) is 17.6. The number of H-pyrrole nitrogens is 1. The lowest BCUT2D eigenvalue weighted by molar-refractivity contribution is 0.0853. The molecule has 7 nitrogen and oxygen atoms in total. The number of anilines is 4. The molecule has 2 aliphatic heterocycles. The average molecular weight is 459 g/mol. The maximum atomic E-state index is 12.6. The summed E-state index contributed by atoms with van der Waals surface area (Å²) in [6.45, 7) is 1.61. The van der Waals surface area contributed by atoms with Crippen LogP contribution in [-0.2, 0) is 15.5 Å².